The summed E-state index contributed by atoms with van der Waals surface area (Å²) in [7, 11) is -2.38. The molecule has 0 aromatic carbocycles. The monoisotopic (exact) mass is 547 g/mol. The third kappa shape index (κ3) is 5.11. The number of pyridine rings is 1. The van der Waals surface area contributed by atoms with Crippen molar-refractivity contribution in [1.82, 2.24) is 19.5 Å². The molecule has 0 spiro atoms. The number of hydrogen-bond acceptors (Lipinski definition) is 7. The number of aromatic nitrogens is 1. The van der Waals surface area contributed by atoms with E-state index in [4.69, 9.17) is 14.6 Å². The van der Waals surface area contributed by atoms with Crippen molar-refractivity contribution in [2.24, 2.45) is 16.5 Å². The molecule has 1 aromatic heterocycles. The SMILES string of the molecule is COC1COCCC1NC1CC2CN(S(N)(=O)=O)CC2(C(=O)N2CCc3ncc(C(F)(F)F)cc3C2)C1. The van der Waals surface area contributed by atoms with E-state index in [1.807, 2.05) is 0 Å². The molecule has 2 saturated heterocycles. The lowest BCUT2D eigenvalue weighted by Crippen LogP contribution is -2.52. The van der Waals surface area contributed by atoms with Crippen molar-refractivity contribution in [3.05, 3.63) is 29.1 Å². The van der Waals surface area contributed by atoms with Crippen molar-refractivity contribution in [2.45, 2.75) is 56.6 Å². The molecule has 1 amide bonds. The number of nitrogens with zero attached hydrogens (tertiary/aromatic N) is 3. The smallest absolute Gasteiger partial charge is 0.379 e. The normalized spacial score (nSPS) is 32.8. The zero-order valence-electron chi connectivity index (χ0n) is 20.5. The highest BCUT2D eigenvalue weighted by Crippen LogP contribution is 2.51. The van der Waals surface area contributed by atoms with Gasteiger partial charge in [0.2, 0.25) is 5.91 Å². The first-order valence-electron chi connectivity index (χ1n) is 12.4. The van der Waals surface area contributed by atoms with Crippen LogP contribution in [0.1, 0.15) is 36.1 Å². The molecule has 10 nitrogen and oxygen atoms in total. The van der Waals surface area contributed by atoms with E-state index in [0.29, 0.717) is 50.3 Å². The predicted octanol–water partition coefficient (Wildman–Crippen LogP) is 0.663. The summed E-state index contributed by atoms with van der Waals surface area (Å²) >= 11 is 0. The maximum atomic E-state index is 14.1. The third-order valence-corrected chi connectivity index (χ3v) is 9.34. The van der Waals surface area contributed by atoms with E-state index in [-0.39, 0.29) is 49.6 Å². The molecule has 5 rings (SSSR count). The fourth-order valence-electron chi connectivity index (χ4n) is 6.48. The lowest BCUT2D eigenvalue weighted by Gasteiger charge is -2.37. The Hall–Kier alpha value is -1.84. The number of alkyl halides is 3. The van der Waals surface area contributed by atoms with Gasteiger partial charge in [-0.1, -0.05) is 0 Å². The second kappa shape index (κ2) is 9.72. The molecular formula is C23H32F3N5O5S. The number of rotatable bonds is 5. The van der Waals surface area contributed by atoms with E-state index < -0.39 is 27.4 Å². The van der Waals surface area contributed by atoms with Gasteiger partial charge in [-0.05, 0) is 36.8 Å². The van der Waals surface area contributed by atoms with Gasteiger partial charge in [-0.15, -0.1) is 0 Å². The largest absolute Gasteiger partial charge is 0.417 e. The molecule has 206 valence electrons. The van der Waals surface area contributed by atoms with Crippen LogP contribution < -0.4 is 10.5 Å². The number of amides is 1. The Morgan fingerprint density at radius 3 is 2.86 bits per heavy atom. The summed E-state index contributed by atoms with van der Waals surface area (Å²) in [5.41, 5.74) is -0.960. The van der Waals surface area contributed by atoms with Gasteiger partial charge in [0.05, 0.1) is 23.7 Å². The molecule has 0 bridgehead atoms. The maximum absolute atomic E-state index is 14.1. The molecule has 4 heterocycles. The Morgan fingerprint density at radius 1 is 1.38 bits per heavy atom. The Morgan fingerprint density at radius 2 is 2.16 bits per heavy atom. The molecule has 5 atom stereocenters. The van der Waals surface area contributed by atoms with Gasteiger partial charge in [-0.3, -0.25) is 9.78 Å². The summed E-state index contributed by atoms with van der Waals surface area (Å²) < 4.78 is 76.4. The van der Waals surface area contributed by atoms with Gasteiger partial charge >= 0.3 is 6.18 Å². The Labute approximate surface area is 213 Å². The first-order chi connectivity index (χ1) is 17.4. The summed E-state index contributed by atoms with van der Waals surface area (Å²) in [6, 6.07) is 1.04. The van der Waals surface area contributed by atoms with Gasteiger partial charge < -0.3 is 19.7 Å². The summed E-state index contributed by atoms with van der Waals surface area (Å²) in [5, 5.41) is 9.05. The van der Waals surface area contributed by atoms with E-state index >= 15 is 0 Å². The zero-order valence-corrected chi connectivity index (χ0v) is 21.4. The lowest BCUT2D eigenvalue weighted by atomic mass is 9.78. The van der Waals surface area contributed by atoms with Crippen molar-refractivity contribution >= 4 is 16.1 Å². The van der Waals surface area contributed by atoms with Crippen LogP contribution in [0.15, 0.2) is 12.3 Å². The van der Waals surface area contributed by atoms with Crippen molar-refractivity contribution < 1.29 is 35.9 Å². The Balaban J connectivity index is 1.38. The fourth-order valence-corrected chi connectivity index (χ4v) is 7.28. The first kappa shape index (κ1) is 26.8. The van der Waals surface area contributed by atoms with Gasteiger partial charge in [0.1, 0.15) is 0 Å². The van der Waals surface area contributed by atoms with Crippen LogP contribution in [0.5, 0.6) is 0 Å². The minimum absolute atomic E-state index is 0.00125. The molecule has 14 heteroatoms. The Kier molecular flexibility index (Phi) is 7.03. The minimum atomic E-state index is -4.53. The number of ether oxygens (including phenoxy) is 2. The second-order valence-corrected chi connectivity index (χ2v) is 12.1. The molecule has 4 aliphatic rings. The van der Waals surface area contributed by atoms with Crippen molar-refractivity contribution in [1.29, 1.82) is 0 Å². The standard InChI is InChI=1S/C23H32F3N5O5S/c1-35-20-12-36-5-3-19(20)29-17-7-16-11-31(37(27,33)34)13-22(16,8-17)21(32)30-4-2-18-14(10-30)6-15(9-28-18)23(24,25)26/h6,9,16-17,19-20,29H,2-5,7-8,10-13H2,1H3,(H2,27,33,34). The summed E-state index contributed by atoms with van der Waals surface area (Å²) in [6.07, 6.45) is -1.78. The number of fused-ring (bicyclic) bond motifs is 2. The highest BCUT2D eigenvalue weighted by atomic mass is 32.2. The predicted molar refractivity (Wildman–Crippen MR) is 125 cm³/mol. The number of halogens is 3. The molecule has 1 aromatic rings. The molecular weight excluding hydrogens is 515 g/mol. The van der Waals surface area contributed by atoms with Crippen LogP contribution in [-0.4, -0.2) is 86.7 Å². The number of carbonyl (C=O) groups is 1. The molecule has 37 heavy (non-hydrogen) atoms. The molecule has 3 aliphatic heterocycles. The van der Waals surface area contributed by atoms with Crippen LogP contribution in [0, 0.1) is 11.3 Å². The molecule has 3 fully saturated rings. The van der Waals surface area contributed by atoms with Gasteiger partial charge in [0, 0.05) is 70.3 Å². The molecule has 1 saturated carbocycles. The average molecular weight is 548 g/mol. The summed E-state index contributed by atoms with van der Waals surface area (Å²) in [6.45, 7) is 1.46. The summed E-state index contributed by atoms with van der Waals surface area (Å²) in [4.78, 5) is 19.6. The van der Waals surface area contributed by atoms with Crippen LogP contribution in [0.3, 0.4) is 0 Å². The van der Waals surface area contributed by atoms with E-state index in [2.05, 4.69) is 10.3 Å². The fraction of sp³-hybridized carbons (Fsp3) is 0.739. The number of hydrogen-bond donors (Lipinski definition) is 2. The van der Waals surface area contributed by atoms with Crippen molar-refractivity contribution in [2.75, 3.05) is 40.0 Å². The molecule has 1 aliphatic carbocycles. The van der Waals surface area contributed by atoms with Crippen LogP contribution in [0.4, 0.5) is 13.2 Å². The van der Waals surface area contributed by atoms with Gasteiger partial charge in [0.25, 0.3) is 10.2 Å². The van der Waals surface area contributed by atoms with E-state index in [9.17, 15) is 26.4 Å². The number of methoxy groups -OCH3 is 1. The van der Waals surface area contributed by atoms with Crippen LogP contribution in [0.2, 0.25) is 0 Å². The van der Waals surface area contributed by atoms with Gasteiger partial charge in [-0.2, -0.15) is 25.9 Å². The highest BCUT2D eigenvalue weighted by molar-refractivity contribution is 7.86. The Bertz CT molecular complexity index is 1150. The highest BCUT2D eigenvalue weighted by Gasteiger charge is 2.60. The maximum Gasteiger partial charge on any atom is 0.417 e. The minimum Gasteiger partial charge on any atom is -0.379 e. The third-order valence-electron chi connectivity index (χ3n) is 8.34. The number of nitrogens with one attached hydrogen (secondary N) is 1. The molecule has 5 unspecified atom stereocenters. The van der Waals surface area contributed by atoms with Crippen LogP contribution in [0.25, 0.3) is 0 Å². The molecule has 3 N–H and O–H groups in total. The van der Waals surface area contributed by atoms with E-state index in [1.165, 1.54) is 0 Å². The zero-order chi connectivity index (χ0) is 26.6. The summed E-state index contributed by atoms with van der Waals surface area (Å²) in [5.74, 6) is -0.510. The van der Waals surface area contributed by atoms with E-state index in [0.717, 1.165) is 23.0 Å². The van der Waals surface area contributed by atoms with E-state index in [1.54, 1.807) is 12.0 Å². The average Bonchev–Trinajstić information content (AvgIpc) is 3.38. The van der Waals surface area contributed by atoms with Gasteiger partial charge in [0.15, 0.2) is 0 Å². The van der Waals surface area contributed by atoms with Crippen LogP contribution >= 0.6 is 0 Å². The van der Waals surface area contributed by atoms with Crippen molar-refractivity contribution in [3.8, 4) is 0 Å². The number of nitrogens with two attached hydrogens (primary N) is 1. The van der Waals surface area contributed by atoms with Crippen LogP contribution in [-0.2, 0) is 43.6 Å². The van der Waals surface area contributed by atoms with Crippen molar-refractivity contribution in [3.63, 3.8) is 0 Å². The second-order valence-electron chi connectivity index (χ2n) is 10.5. The topological polar surface area (TPSA) is 127 Å². The lowest BCUT2D eigenvalue weighted by molar-refractivity contribution is -0.143. The number of carbonyl (C=O) groups excluding carboxylic acids is 1. The first-order valence-corrected chi connectivity index (χ1v) is 13.9. The quantitative estimate of drug-likeness (QED) is 0.555. The van der Waals surface area contributed by atoms with Gasteiger partial charge in [-0.25, -0.2) is 5.14 Å². The molecule has 0 radical (unpaired) electrons.